The van der Waals surface area contributed by atoms with Crippen molar-refractivity contribution in [2.75, 3.05) is 7.05 Å². The lowest BCUT2D eigenvalue weighted by atomic mass is 9.78. The average Bonchev–Trinajstić information content (AvgIpc) is 2.75. The molecular formula is C13H11NO3. The van der Waals surface area contributed by atoms with Gasteiger partial charge in [-0.15, -0.1) is 0 Å². The van der Waals surface area contributed by atoms with Crippen LogP contribution in [0.1, 0.15) is 11.5 Å². The van der Waals surface area contributed by atoms with Gasteiger partial charge in [0, 0.05) is 13.1 Å². The van der Waals surface area contributed by atoms with Crippen molar-refractivity contribution in [3.63, 3.8) is 0 Å². The van der Waals surface area contributed by atoms with Crippen LogP contribution in [0.2, 0.25) is 0 Å². The van der Waals surface area contributed by atoms with Crippen LogP contribution < -0.4 is 0 Å². The molecule has 2 atom stereocenters. The Morgan fingerprint density at radius 2 is 1.94 bits per heavy atom. The maximum atomic E-state index is 11.9. The summed E-state index contributed by atoms with van der Waals surface area (Å²) in [6, 6.07) is 9.37. The fourth-order valence-electron chi connectivity index (χ4n) is 2.45. The van der Waals surface area contributed by atoms with E-state index in [1.807, 2.05) is 30.3 Å². The third kappa shape index (κ3) is 1.18. The van der Waals surface area contributed by atoms with Crippen LogP contribution in [0, 0.1) is 0 Å². The second-order valence-electron chi connectivity index (χ2n) is 4.25. The molecule has 3 rings (SSSR count). The first-order valence-electron chi connectivity index (χ1n) is 5.40. The highest BCUT2D eigenvalue weighted by atomic mass is 16.6. The smallest absolute Gasteiger partial charge is 0.333 e. The van der Waals surface area contributed by atoms with Crippen molar-refractivity contribution in [1.29, 1.82) is 0 Å². The number of likely N-dealkylation sites (N-methyl/N-ethyl adjacent to an activating group) is 1. The Balaban J connectivity index is 2.03. The number of ether oxygens (including phenoxy) is 1. The van der Waals surface area contributed by atoms with E-state index in [1.54, 1.807) is 13.1 Å². The first kappa shape index (κ1) is 10.1. The predicted octanol–water partition coefficient (Wildman–Crippen LogP) is 1.05. The number of amides is 1. The molecule has 4 heteroatoms. The van der Waals surface area contributed by atoms with Crippen LogP contribution in [0.3, 0.4) is 0 Å². The molecule has 1 aromatic carbocycles. The summed E-state index contributed by atoms with van der Waals surface area (Å²) in [5.41, 5.74) is -0.0369. The molecule has 0 radical (unpaired) electrons. The van der Waals surface area contributed by atoms with Crippen molar-refractivity contribution in [2.45, 2.75) is 11.6 Å². The number of nitrogens with zero attached hydrogens (tertiary/aromatic N) is 1. The Labute approximate surface area is 98.5 Å². The van der Waals surface area contributed by atoms with Gasteiger partial charge in [0.05, 0.1) is 0 Å². The van der Waals surface area contributed by atoms with E-state index < -0.39 is 17.6 Å². The van der Waals surface area contributed by atoms with E-state index in [-0.39, 0.29) is 5.91 Å². The first-order chi connectivity index (χ1) is 8.15. The Kier molecular flexibility index (Phi) is 1.90. The topological polar surface area (TPSA) is 46.6 Å². The molecule has 0 bridgehead atoms. The molecule has 1 amide bonds. The molecule has 4 nitrogen and oxygen atoms in total. The van der Waals surface area contributed by atoms with Gasteiger partial charge in [0.15, 0.2) is 0 Å². The molecular weight excluding hydrogens is 218 g/mol. The van der Waals surface area contributed by atoms with Crippen LogP contribution in [0.4, 0.5) is 0 Å². The Morgan fingerprint density at radius 1 is 1.24 bits per heavy atom. The maximum Gasteiger partial charge on any atom is 0.333 e. The van der Waals surface area contributed by atoms with E-state index in [0.29, 0.717) is 0 Å². The molecule has 2 aliphatic rings. The third-order valence-electron chi connectivity index (χ3n) is 3.37. The SMILES string of the molecule is CN1C(=O)[C@@H](c2ccccc2)[C@@]12C=CC(=O)O2. The number of carbonyl (C=O) groups excluding carboxylic acids is 2. The van der Waals surface area contributed by atoms with Crippen molar-refractivity contribution in [1.82, 2.24) is 4.90 Å². The molecule has 17 heavy (non-hydrogen) atoms. The second-order valence-corrected chi connectivity index (χ2v) is 4.25. The molecule has 86 valence electrons. The Hall–Kier alpha value is -2.10. The zero-order valence-corrected chi connectivity index (χ0v) is 9.29. The van der Waals surface area contributed by atoms with Crippen LogP contribution in [0.25, 0.3) is 0 Å². The van der Waals surface area contributed by atoms with Gasteiger partial charge >= 0.3 is 5.97 Å². The number of esters is 1. The van der Waals surface area contributed by atoms with Gasteiger partial charge in [-0.3, -0.25) is 4.79 Å². The van der Waals surface area contributed by atoms with Gasteiger partial charge in [-0.25, -0.2) is 4.79 Å². The monoisotopic (exact) mass is 229 g/mol. The van der Waals surface area contributed by atoms with Gasteiger partial charge in [-0.05, 0) is 11.6 Å². The van der Waals surface area contributed by atoms with Crippen LogP contribution in [-0.2, 0) is 14.3 Å². The number of β-lactam (4-membered cyclic amide) rings is 1. The van der Waals surface area contributed by atoms with Crippen molar-refractivity contribution in [2.24, 2.45) is 0 Å². The predicted molar refractivity (Wildman–Crippen MR) is 59.9 cm³/mol. The number of carbonyl (C=O) groups is 2. The minimum atomic E-state index is -0.907. The molecule has 1 fully saturated rings. The summed E-state index contributed by atoms with van der Waals surface area (Å²) in [4.78, 5) is 24.6. The maximum absolute atomic E-state index is 11.9. The molecule has 0 saturated carbocycles. The molecule has 2 heterocycles. The highest BCUT2D eigenvalue weighted by Gasteiger charge is 2.62. The molecule has 1 aromatic rings. The molecule has 0 aromatic heterocycles. The molecule has 2 aliphatic heterocycles. The van der Waals surface area contributed by atoms with Crippen LogP contribution in [-0.4, -0.2) is 29.5 Å². The van der Waals surface area contributed by atoms with Crippen molar-refractivity contribution in [3.8, 4) is 0 Å². The van der Waals surface area contributed by atoms with Crippen molar-refractivity contribution >= 4 is 11.9 Å². The van der Waals surface area contributed by atoms with E-state index in [2.05, 4.69) is 0 Å². The van der Waals surface area contributed by atoms with E-state index in [1.165, 1.54) is 11.0 Å². The van der Waals surface area contributed by atoms with Gasteiger partial charge in [-0.1, -0.05) is 30.3 Å². The molecule has 0 aliphatic carbocycles. The zero-order valence-electron chi connectivity index (χ0n) is 9.29. The molecule has 0 unspecified atom stereocenters. The van der Waals surface area contributed by atoms with Crippen LogP contribution in [0.15, 0.2) is 42.5 Å². The third-order valence-corrected chi connectivity index (χ3v) is 3.37. The average molecular weight is 229 g/mol. The quantitative estimate of drug-likeness (QED) is 0.534. The summed E-state index contributed by atoms with van der Waals surface area (Å²) < 4.78 is 5.29. The van der Waals surface area contributed by atoms with Crippen LogP contribution >= 0.6 is 0 Å². The van der Waals surface area contributed by atoms with Crippen molar-refractivity contribution in [3.05, 3.63) is 48.0 Å². The largest absolute Gasteiger partial charge is 0.431 e. The summed E-state index contributed by atoms with van der Waals surface area (Å²) in [6.45, 7) is 0. The fraction of sp³-hybridized carbons (Fsp3) is 0.231. The first-order valence-corrected chi connectivity index (χ1v) is 5.40. The van der Waals surface area contributed by atoms with E-state index in [0.717, 1.165) is 5.56 Å². The van der Waals surface area contributed by atoms with Gasteiger partial charge in [0.1, 0.15) is 5.92 Å². The van der Waals surface area contributed by atoms with Gasteiger partial charge in [0.2, 0.25) is 11.6 Å². The lowest BCUT2D eigenvalue weighted by molar-refractivity contribution is -0.199. The fourth-order valence-corrected chi connectivity index (χ4v) is 2.45. The standard InChI is InChI=1S/C13H11NO3/c1-14-12(16)11(9-5-3-2-4-6-9)13(14)8-7-10(15)17-13/h2-8,11H,1H3/t11-,13+/m1/s1. The molecule has 1 spiro atoms. The van der Waals surface area contributed by atoms with Crippen molar-refractivity contribution < 1.29 is 14.3 Å². The van der Waals surface area contributed by atoms with Gasteiger partial charge in [0.25, 0.3) is 0 Å². The van der Waals surface area contributed by atoms with E-state index in [9.17, 15) is 9.59 Å². The minimum Gasteiger partial charge on any atom is -0.431 e. The van der Waals surface area contributed by atoms with E-state index >= 15 is 0 Å². The molecule has 1 saturated heterocycles. The number of hydrogen-bond donors (Lipinski definition) is 0. The molecule has 0 N–H and O–H groups in total. The Bertz CT molecular complexity index is 523. The lowest BCUT2D eigenvalue weighted by Gasteiger charge is -2.51. The highest BCUT2D eigenvalue weighted by molar-refractivity contribution is 5.97. The van der Waals surface area contributed by atoms with Gasteiger partial charge < -0.3 is 9.64 Å². The summed E-state index contributed by atoms with van der Waals surface area (Å²) in [6.07, 6.45) is 3.03. The second kappa shape index (κ2) is 3.20. The lowest BCUT2D eigenvalue weighted by Crippen LogP contribution is -2.67. The zero-order chi connectivity index (χ0) is 12.0. The number of benzene rings is 1. The summed E-state index contributed by atoms with van der Waals surface area (Å²) >= 11 is 0. The van der Waals surface area contributed by atoms with E-state index in [4.69, 9.17) is 4.74 Å². The summed E-state index contributed by atoms with van der Waals surface area (Å²) in [5, 5.41) is 0. The normalized spacial score (nSPS) is 30.6. The highest BCUT2D eigenvalue weighted by Crippen LogP contribution is 2.47. The number of likely N-dealkylation sites (tertiary alicyclic amines) is 1. The number of hydrogen-bond acceptors (Lipinski definition) is 3. The van der Waals surface area contributed by atoms with Gasteiger partial charge in [-0.2, -0.15) is 0 Å². The minimum absolute atomic E-state index is 0.0319. The summed E-state index contributed by atoms with van der Waals surface area (Å²) in [5.74, 6) is -0.850. The Morgan fingerprint density at radius 3 is 2.53 bits per heavy atom. The van der Waals surface area contributed by atoms with Crippen LogP contribution in [0.5, 0.6) is 0 Å². The number of rotatable bonds is 1. The summed E-state index contributed by atoms with van der Waals surface area (Å²) in [7, 11) is 1.64.